The molecule has 4 rings (SSSR count). The molecule has 0 amide bonds. The number of thioether (sulfide) groups is 1. The minimum Gasteiger partial charge on any atom is -0.497 e. The van der Waals surface area contributed by atoms with Gasteiger partial charge in [-0.2, -0.15) is 0 Å². The minimum absolute atomic E-state index is 0.150. The Hall–Kier alpha value is -3.00. The number of rotatable bonds is 5. The molecule has 7 nitrogen and oxygen atoms in total. The molecule has 144 valence electrons. The maximum absolute atomic E-state index is 12.6. The van der Waals surface area contributed by atoms with Crippen LogP contribution in [0.25, 0.3) is 16.9 Å². The fraction of sp³-hybridized carbons (Fsp3) is 0.250. The number of nitrogens with one attached hydrogen (secondary N) is 1. The summed E-state index contributed by atoms with van der Waals surface area (Å²) in [5, 5.41) is 3.75. The van der Waals surface area contributed by atoms with Gasteiger partial charge >= 0.3 is 0 Å². The van der Waals surface area contributed by atoms with Crippen LogP contribution >= 0.6 is 11.8 Å². The molecule has 0 atom stereocenters. The molecule has 8 heteroatoms. The van der Waals surface area contributed by atoms with Crippen molar-refractivity contribution in [2.75, 3.05) is 7.11 Å². The molecule has 1 N–H and O–H groups in total. The molecule has 4 aromatic rings. The standard InChI is InChI=1S/C20H20N4O3S/c1-11-18(14-5-7-16(26-4)8-6-14)23-24-17(25)9-15(22-19(11)24)10-28-20-21-12(2)13(3)27-20/h5-9,23H,10H2,1-4H3. The van der Waals surface area contributed by atoms with Gasteiger partial charge in [0.15, 0.2) is 5.65 Å². The summed E-state index contributed by atoms with van der Waals surface area (Å²) in [6, 6.07) is 9.21. The SMILES string of the molecule is COc1ccc(-c2[nH]n3c(=O)cc(CSc4nc(C)c(C)o4)nc3c2C)cc1. The Bertz CT molecular complexity index is 1190. The van der Waals surface area contributed by atoms with Crippen LogP contribution in [0, 0.1) is 20.8 Å². The summed E-state index contributed by atoms with van der Waals surface area (Å²) in [4.78, 5) is 21.6. The van der Waals surface area contributed by atoms with E-state index < -0.39 is 0 Å². The van der Waals surface area contributed by atoms with Gasteiger partial charge < -0.3 is 9.15 Å². The molecule has 0 aliphatic heterocycles. The number of fused-ring (bicyclic) bond motifs is 1. The summed E-state index contributed by atoms with van der Waals surface area (Å²) in [5.41, 5.74) is 4.76. The summed E-state index contributed by atoms with van der Waals surface area (Å²) < 4.78 is 12.3. The molecule has 0 saturated heterocycles. The number of oxazole rings is 1. The average molecular weight is 396 g/mol. The topological polar surface area (TPSA) is 85.4 Å². The normalized spacial score (nSPS) is 11.3. The first-order valence-corrected chi connectivity index (χ1v) is 9.77. The minimum atomic E-state index is -0.150. The van der Waals surface area contributed by atoms with E-state index in [1.165, 1.54) is 22.3 Å². The first kappa shape index (κ1) is 18.4. The van der Waals surface area contributed by atoms with Gasteiger partial charge in [-0.25, -0.2) is 14.5 Å². The van der Waals surface area contributed by atoms with Gasteiger partial charge in [0, 0.05) is 22.9 Å². The lowest BCUT2D eigenvalue weighted by molar-refractivity contribution is 0.415. The van der Waals surface area contributed by atoms with E-state index >= 15 is 0 Å². The van der Waals surface area contributed by atoms with Crippen molar-refractivity contribution in [3.63, 3.8) is 0 Å². The van der Waals surface area contributed by atoms with Crippen LogP contribution in [0.4, 0.5) is 0 Å². The molecule has 1 aromatic carbocycles. The second kappa shape index (κ2) is 7.20. The number of hydrogen-bond donors (Lipinski definition) is 1. The lowest BCUT2D eigenvalue weighted by Gasteiger charge is -2.02. The molecule has 0 aliphatic rings. The van der Waals surface area contributed by atoms with Crippen molar-refractivity contribution in [3.05, 3.63) is 63.4 Å². The quantitative estimate of drug-likeness (QED) is 0.515. The van der Waals surface area contributed by atoms with E-state index in [1.807, 2.05) is 45.0 Å². The molecule has 3 heterocycles. The molecule has 0 spiro atoms. The van der Waals surface area contributed by atoms with Crippen molar-refractivity contribution in [3.8, 4) is 17.0 Å². The smallest absolute Gasteiger partial charge is 0.272 e. The fourth-order valence-corrected chi connectivity index (χ4v) is 3.75. The van der Waals surface area contributed by atoms with Crippen LogP contribution in [-0.2, 0) is 5.75 Å². The summed E-state index contributed by atoms with van der Waals surface area (Å²) in [5.74, 6) is 2.09. The van der Waals surface area contributed by atoms with Crippen molar-refractivity contribution in [2.24, 2.45) is 0 Å². The summed E-state index contributed by atoms with van der Waals surface area (Å²) in [7, 11) is 1.63. The number of methoxy groups -OCH3 is 1. The predicted molar refractivity (Wildman–Crippen MR) is 108 cm³/mol. The van der Waals surface area contributed by atoms with Crippen LogP contribution in [0.1, 0.15) is 22.7 Å². The summed E-state index contributed by atoms with van der Waals surface area (Å²) >= 11 is 1.43. The molecular formula is C20H20N4O3S. The number of hydrogen-bond acceptors (Lipinski definition) is 6. The lowest BCUT2D eigenvalue weighted by Crippen LogP contribution is -2.15. The van der Waals surface area contributed by atoms with Gasteiger partial charge in [-0.15, -0.1) is 0 Å². The second-order valence-electron chi connectivity index (χ2n) is 6.50. The van der Waals surface area contributed by atoms with Crippen molar-refractivity contribution in [2.45, 2.75) is 31.7 Å². The maximum atomic E-state index is 12.6. The molecule has 0 bridgehead atoms. The second-order valence-corrected chi connectivity index (χ2v) is 7.42. The van der Waals surface area contributed by atoms with Crippen molar-refractivity contribution >= 4 is 17.4 Å². The number of aromatic amines is 1. The predicted octanol–water partition coefficient (Wildman–Crippen LogP) is 3.90. The van der Waals surface area contributed by atoms with Crippen LogP contribution < -0.4 is 10.3 Å². The molecule has 3 aromatic heterocycles. The Labute approximate surface area is 165 Å². The Morgan fingerprint density at radius 1 is 1.18 bits per heavy atom. The number of H-pyrrole nitrogens is 1. The van der Waals surface area contributed by atoms with Crippen molar-refractivity contribution in [1.82, 2.24) is 19.6 Å². The highest BCUT2D eigenvalue weighted by Gasteiger charge is 2.14. The van der Waals surface area contributed by atoms with E-state index in [1.54, 1.807) is 7.11 Å². The van der Waals surface area contributed by atoms with Gasteiger partial charge in [0.05, 0.1) is 24.2 Å². The summed E-state index contributed by atoms with van der Waals surface area (Å²) in [6.45, 7) is 5.74. The van der Waals surface area contributed by atoms with Crippen LogP contribution in [0.5, 0.6) is 5.75 Å². The zero-order valence-electron chi connectivity index (χ0n) is 16.1. The molecule has 0 saturated carbocycles. The Morgan fingerprint density at radius 2 is 1.93 bits per heavy atom. The third-order valence-corrected chi connectivity index (χ3v) is 5.50. The van der Waals surface area contributed by atoms with Crippen LogP contribution in [0.15, 0.2) is 44.8 Å². The van der Waals surface area contributed by atoms with Gasteiger partial charge in [-0.3, -0.25) is 9.89 Å². The fourth-order valence-electron chi connectivity index (χ4n) is 2.95. The van der Waals surface area contributed by atoms with E-state index in [2.05, 4.69) is 15.1 Å². The highest BCUT2D eigenvalue weighted by atomic mass is 32.2. The third-order valence-electron chi connectivity index (χ3n) is 4.64. The van der Waals surface area contributed by atoms with Gasteiger partial charge in [0.1, 0.15) is 11.5 Å². The van der Waals surface area contributed by atoms with Crippen LogP contribution in [-0.4, -0.2) is 26.7 Å². The maximum Gasteiger partial charge on any atom is 0.272 e. The molecule has 28 heavy (non-hydrogen) atoms. The monoisotopic (exact) mass is 396 g/mol. The number of nitrogens with zero attached hydrogens (tertiary/aromatic N) is 3. The van der Waals surface area contributed by atoms with Crippen LogP contribution in [0.2, 0.25) is 0 Å². The van der Waals surface area contributed by atoms with Crippen LogP contribution in [0.3, 0.4) is 0 Å². The zero-order chi connectivity index (χ0) is 19.8. The molecular weight excluding hydrogens is 376 g/mol. The highest BCUT2D eigenvalue weighted by molar-refractivity contribution is 7.98. The lowest BCUT2D eigenvalue weighted by atomic mass is 10.1. The third kappa shape index (κ3) is 3.31. The van der Waals surface area contributed by atoms with Crippen molar-refractivity contribution < 1.29 is 9.15 Å². The van der Waals surface area contributed by atoms with Gasteiger partial charge in [-0.05, 0) is 45.0 Å². The number of aromatic nitrogens is 4. The number of ether oxygens (including phenoxy) is 1. The molecule has 0 fully saturated rings. The molecule has 0 unspecified atom stereocenters. The van der Waals surface area contributed by atoms with Gasteiger partial charge in [0.25, 0.3) is 10.8 Å². The van der Waals surface area contributed by atoms with E-state index in [9.17, 15) is 4.79 Å². The van der Waals surface area contributed by atoms with E-state index in [4.69, 9.17) is 9.15 Å². The van der Waals surface area contributed by atoms with Crippen molar-refractivity contribution in [1.29, 1.82) is 0 Å². The number of aryl methyl sites for hydroxylation is 3. The first-order chi connectivity index (χ1) is 13.5. The average Bonchev–Trinajstić information content (AvgIpc) is 3.20. The summed E-state index contributed by atoms with van der Waals surface area (Å²) in [6.07, 6.45) is 0. The zero-order valence-corrected chi connectivity index (χ0v) is 16.9. The highest BCUT2D eigenvalue weighted by Crippen LogP contribution is 2.27. The van der Waals surface area contributed by atoms with Gasteiger partial charge in [-0.1, -0.05) is 11.8 Å². The van der Waals surface area contributed by atoms with E-state index in [-0.39, 0.29) is 5.56 Å². The Kier molecular flexibility index (Phi) is 4.72. The Morgan fingerprint density at radius 3 is 2.57 bits per heavy atom. The van der Waals surface area contributed by atoms with E-state index in [0.717, 1.165) is 34.0 Å². The van der Waals surface area contributed by atoms with E-state index in [0.29, 0.717) is 22.3 Å². The first-order valence-electron chi connectivity index (χ1n) is 8.79. The molecule has 0 aliphatic carbocycles. The number of benzene rings is 1. The molecule has 0 radical (unpaired) electrons. The van der Waals surface area contributed by atoms with Gasteiger partial charge in [0.2, 0.25) is 0 Å². The largest absolute Gasteiger partial charge is 0.497 e. The Balaban J connectivity index is 1.67.